The van der Waals surface area contributed by atoms with Gasteiger partial charge in [0.05, 0.1) is 18.0 Å². The molecule has 0 aromatic rings. The fourth-order valence-electron chi connectivity index (χ4n) is 1.02. The van der Waals surface area contributed by atoms with Crippen LogP contribution in [0.5, 0.6) is 0 Å². The Labute approximate surface area is 76.9 Å². The van der Waals surface area contributed by atoms with E-state index >= 15 is 0 Å². The fraction of sp³-hybridized carbons (Fsp3) is 0.333. The maximum absolute atomic E-state index is 11.0. The molecule has 1 heterocycles. The molecule has 1 aliphatic rings. The molecule has 0 aromatic heterocycles. The van der Waals surface area contributed by atoms with E-state index in [2.05, 4.69) is 10.6 Å². The van der Waals surface area contributed by atoms with Gasteiger partial charge >= 0.3 is 0 Å². The Morgan fingerprint density at radius 2 is 2.62 bits per heavy atom. The third kappa shape index (κ3) is 2.64. The Balaban J connectivity index is 2.45. The zero-order valence-corrected chi connectivity index (χ0v) is 7.37. The van der Waals surface area contributed by atoms with Gasteiger partial charge in [0, 0.05) is 13.2 Å². The van der Waals surface area contributed by atoms with E-state index in [1.165, 1.54) is 0 Å². The van der Waals surface area contributed by atoms with E-state index in [0.29, 0.717) is 12.0 Å². The molecule has 1 atom stereocenters. The van der Waals surface area contributed by atoms with E-state index in [1.54, 1.807) is 19.3 Å². The highest BCUT2D eigenvalue weighted by Crippen LogP contribution is 2.05. The minimum atomic E-state index is -0.0176. The predicted molar refractivity (Wildman–Crippen MR) is 48.4 cm³/mol. The normalized spacial score (nSPS) is 19.7. The van der Waals surface area contributed by atoms with Crippen molar-refractivity contribution in [2.75, 3.05) is 7.05 Å². The molecule has 68 valence electrons. The van der Waals surface area contributed by atoms with Crippen LogP contribution in [-0.2, 0) is 4.79 Å². The number of amides is 1. The molecule has 1 aliphatic heterocycles. The SMILES string of the molecule is CNC(=O)CC1C=CC(C#N)=CN1. The van der Waals surface area contributed by atoms with Crippen molar-refractivity contribution in [2.24, 2.45) is 0 Å². The molecule has 0 saturated carbocycles. The Morgan fingerprint density at radius 1 is 1.85 bits per heavy atom. The van der Waals surface area contributed by atoms with Crippen LogP contribution in [0.25, 0.3) is 0 Å². The zero-order chi connectivity index (χ0) is 9.68. The zero-order valence-electron chi connectivity index (χ0n) is 7.37. The third-order valence-electron chi connectivity index (χ3n) is 1.77. The smallest absolute Gasteiger partial charge is 0.222 e. The maximum Gasteiger partial charge on any atom is 0.222 e. The van der Waals surface area contributed by atoms with Gasteiger partial charge in [-0.1, -0.05) is 6.08 Å². The van der Waals surface area contributed by atoms with Gasteiger partial charge < -0.3 is 10.6 Å². The Hall–Kier alpha value is -1.76. The van der Waals surface area contributed by atoms with E-state index in [-0.39, 0.29) is 11.9 Å². The lowest BCUT2D eigenvalue weighted by Crippen LogP contribution is -2.31. The molecule has 4 nitrogen and oxygen atoms in total. The molecule has 0 aliphatic carbocycles. The summed E-state index contributed by atoms with van der Waals surface area (Å²) in [6.07, 6.45) is 5.54. The van der Waals surface area contributed by atoms with Crippen molar-refractivity contribution in [1.29, 1.82) is 5.26 Å². The Morgan fingerprint density at radius 3 is 3.08 bits per heavy atom. The summed E-state index contributed by atoms with van der Waals surface area (Å²) in [5.74, 6) is -0.0176. The van der Waals surface area contributed by atoms with Gasteiger partial charge in [-0.25, -0.2) is 0 Å². The molecule has 1 unspecified atom stereocenters. The lowest BCUT2D eigenvalue weighted by Gasteiger charge is -2.15. The molecule has 1 amide bonds. The number of nitrogens with zero attached hydrogens (tertiary/aromatic N) is 1. The molecule has 0 aromatic carbocycles. The third-order valence-corrected chi connectivity index (χ3v) is 1.77. The molecule has 4 heteroatoms. The number of hydrogen-bond acceptors (Lipinski definition) is 3. The second-order valence-corrected chi connectivity index (χ2v) is 2.72. The van der Waals surface area contributed by atoms with Crippen molar-refractivity contribution in [2.45, 2.75) is 12.5 Å². The van der Waals surface area contributed by atoms with Crippen molar-refractivity contribution in [3.8, 4) is 6.07 Å². The molecule has 0 spiro atoms. The standard InChI is InChI=1S/C9H11N3O/c1-11-9(13)4-8-3-2-7(5-10)6-12-8/h2-3,6,8,12H,4H2,1H3,(H,11,13). The molecule has 0 radical (unpaired) electrons. The average Bonchev–Trinajstić information content (AvgIpc) is 2.19. The number of nitrogens with one attached hydrogen (secondary N) is 2. The number of allylic oxidation sites excluding steroid dienone is 2. The van der Waals surface area contributed by atoms with Gasteiger partial charge in [-0.15, -0.1) is 0 Å². The summed E-state index contributed by atoms with van der Waals surface area (Å²) in [6.45, 7) is 0. The van der Waals surface area contributed by atoms with Gasteiger partial charge in [0.25, 0.3) is 0 Å². The summed E-state index contributed by atoms with van der Waals surface area (Å²) >= 11 is 0. The largest absolute Gasteiger partial charge is 0.383 e. The van der Waals surface area contributed by atoms with Gasteiger partial charge in [-0.2, -0.15) is 5.26 Å². The lowest BCUT2D eigenvalue weighted by atomic mass is 10.1. The minimum absolute atomic E-state index is 0.00273. The summed E-state index contributed by atoms with van der Waals surface area (Å²) in [4.78, 5) is 11.0. The summed E-state index contributed by atoms with van der Waals surface area (Å²) in [6, 6.07) is 2.00. The molecule has 0 fully saturated rings. The van der Waals surface area contributed by atoms with Crippen LogP contribution in [0.4, 0.5) is 0 Å². The summed E-state index contributed by atoms with van der Waals surface area (Å²) in [5.41, 5.74) is 0.577. The van der Waals surface area contributed by atoms with E-state index < -0.39 is 0 Å². The fourth-order valence-corrected chi connectivity index (χ4v) is 1.02. The van der Waals surface area contributed by atoms with Crippen molar-refractivity contribution in [1.82, 2.24) is 10.6 Å². The van der Waals surface area contributed by atoms with E-state index in [0.717, 1.165) is 0 Å². The number of rotatable bonds is 2. The van der Waals surface area contributed by atoms with Crippen molar-refractivity contribution in [3.63, 3.8) is 0 Å². The molecule has 13 heavy (non-hydrogen) atoms. The number of carbonyl (C=O) groups is 1. The van der Waals surface area contributed by atoms with Crippen molar-refractivity contribution in [3.05, 3.63) is 23.9 Å². The van der Waals surface area contributed by atoms with E-state index in [9.17, 15) is 4.79 Å². The quantitative estimate of drug-likeness (QED) is 0.626. The van der Waals surface area contributed by atoms with Crippen LogP contribution in [0.2, 0.25) is 0 Å². The molecule has 2 N–H and O–H groups in total. The summed E-state index contributed by atoms with van der Waals surface area (Å²) in [5, 5.41) is 14.0. The number of nitriles is 1. The minimum Gasteiger partial charge on any atom is -0.383 e. The first kappa shape index (κ1) is 9.33. The van der Waals surface area contributed by atoms with E-state index in [1.807, 2.05) is 12.1 Å². The number of dihydropyridines is 1. The monoisotopic (exact) mass is 177 g/mol. The first-order valence-corrected chi connectivity index (χ1v) is 4.01. The van der Waals surface area contributed by atoms with Crippen LogP contribution >= 0.6 is 0 Å². The second-order valence-electron chi connectivity index (χ2n) is 2.72. The Kier molecular flexibility index (Phi) is 3.09. The van der Waals surface area contributed by atoms with Gasteiger partial charge in [0.15, 0.2) is 0 Å². The van der Waals surface area contributed by atoms with Gasteiger partial charge in [-0.05, 0) is 6.08 Å². The first-order chi connectivity index (χ1) is 6.26. The molecular weight excluding hydrogens is 166 g/mol. The first-order valence-electron chi connectivity index (χ1n) is 4.01. The average molecular weight is 177 g/mol. The molecule has 1 rings (SSSR count). The van der Waals surface area contributed by atoms with Crippen LogP contribution in [0.1, 0.15) is 6.42 Å². The summed E-state index contributed by atoms with van der Waals surface area (Å²) in [7, 11) is 1.60. The van der Waals surface area contributed by atoms with Crippen LogP contribution < -0.4 is 10.6 Å². The highest BCUT2D eigenvalue weighted by Gasteiger charge is 2.10. The topological polar surface area (TPSA) is 64.9 Å². The van der Waals surface area contributed by atoms with Crippen LogP contribution in [-0.4, -0.2) is 19.0 Å². The predicted octanol–water partition coefficient (Wildman–Crippen LogP) is 0.0580. The van der Waals surface area contributed by atoms with Crippen LogP contribution in [0.3, 0.4) is 0 Å². The maximum atomic E-state index is 11.0. The number of hydrogen-bond donors (Lipinski definition) is 2. The van der Waals surface area contributed by atoms with E-state index in [4.69, 9.17) is 5.26 Å². The molecule has 0 saturated heterocycles. The van der Waals surface area contributed by atoms with Gasteiger partial charge in [-0.3, -0.25) is 4.79 Å². The highest BCUT2D eigenvalue weighted by molar-refractivity contribution is 5.76. The van der Waals surface area contributed by atoms with Crippen LogP contribution in [0.15, 0.2) is 23.9 Å². The second kappa shape index (κ2) is 4.31. The van der Waals surface area contributed by atoms with Gasteiger partial charge in [0.2, 0.25) is 5.91 Å². The van der Waals surface area contributed by atoms with Crippen molar-refractivity contribution < 1.29 is 4.79 Å². The Bertz CT molecular complexity index is 298. The lowest BCUT2D eigenvalue weighted by molar-refractivity contribution is -0.120. The summed E-state index contributed by atoms with van der Waals surface area (Å²) < 4.78 is 0. The molecule has 0 bridgehead atoms. The number of carbonyl (C=O) groups excluding carboxylic acids is 1. The van der Waals surface area contributed by atoms with Crippen LogP contribution in [0, 0.1) is 11.3 Å². The van der Waals surface area contributed by atoms with Crippen molar-refractivity contribution >= 4 is 5.91 Å². The molecular formula is C9H11N3O. The highest BCUT2D eigenvalue weighted by atomic mass is 16.1. The van der Waals surface area contributed by atoms with Gasteiger partial charge in [0.1, 0.15) is 6.07 Å².